The third kappa shape index (κ3) is 8.24. The lowest BCUT2D eigenvalue weighted by molar-refractivity contribution is -0.137. The van der Waals surface area contributed by atoms with E-state index in [1.54, 1.807) is 0 Å². The van der Waals surface area contributed by atoms with Crippen molar-refractivity contribution in [3.8, 4) is 0 Å². The summed E-state index contributed by atoms with van der Waals surface area (Å²) in [4.78, 5) is 11.3. The fraction of sp³-hybridized carbons (Fsp3) is 0.727. The van der Waals surface area contributed by atoms with Gasteiger partial charge in [0.25, 0.3) is 0 Å². The molecule has 0 saturated heterocycles. The molecule has 15 heavy (non-hydrogen) atoms. The van der Waals surface area contributed by atoms with Gasteiger partial charge in [-0.2, -0.15) is 0 Å². The molecule has 0 aromatic heterocycles. The maximum Gasteiger partial charge on any atom is 0.332 e. The lowest BCUT2D eigenvalue weighted by Gasteiger charge is -2.14. The quantitative estimate of drug-likeness (QED) is 0.447. The summed E-state index contributed by atoms with van der Waals surface area (Å²) in [5.74, 6) is -0.131. The molecule has 0 unspecified atom stereocenters. The zero-order valence-corrected chi connectivity index (χ0v) is 11.5. The third-order valence-corrected chi connectivity index (χ3v) is 3.75. The summed E-state index contributed by atoms with van der Waals surface area (Å²) in [5, 5.41) is 0. The largest absolute Gasteiger partial charge is 0.463 e. The number of allylic oxidation sites excluding steroid dienone is 1. The average molecular weight is 229 g/mol. The number of hydrogen-bond donors (Lipinski definition) is 1. The molecule has 88 valence electrons. The topological polar surface area (TPSA) is 52.3 Å². The highest BCUT2D eigenvalue weighted by atomic mass is 28.3. The van der Waals surface area contributed by atoms with Crippen molar-refractivity contribution >= 4 is 14.0 Å². The van der Waals surface area contributed by atoms with Crippen LogP contribution >= 0.6 is 0 Å². The first kappa shape index (κ1) is 14.2. The van der Waals surface area contributed by atoms with Crippen LogP contribution in [0.2, 0.25) is 25.7 Å². The summed E-state index contributed by atoms with van der Waals surface area (Å²) in [6.45, 7) is 11.1. The first-order valence-corrected chi connectivity index (χ1v) is 9.07. The van der Waals surface area contributed by atoms with Crippen LogP contribution in [0.15, 0.2) is 11.8 Å². The summed E-state index contributed by atoms with van der Waals surface area (Å²) in [6.07, 6.45) is 1.38. The molecule has 0 saturated carbocycles. The van der Waals surface area contributed by atoms with Gasteiger partial charge in [-0.15, -0.1) is 0 Å². The van der Waals surface area contributed by atoms with E-state index in [0.29, 0.717) is 12.3 Å². The maximum absolute atomic E-state index is 11.3. The zero-order valence-electron chi connectivity index (χ0n) is 10.5. The van der Waals surface area contributed by atoms with Gasteiger partial charge in [0.15, 0.2) is 0 Å². The highest BCUT2D eigenvalue weighted by Gasteiger charge is 2.13. The third-order valence-electron chi connectivity index (χ3n) is 2.05. The molecule has 2 N–H and O–H groups in total. The van der Waals surface area contributed by atoms with Crippen LogP contribution in [0.5, 0.6) is 0 Å². The van der Waals surface area contributed by atoms with Crippen molar-refractivity contribution in [2.24, 2.45) is 11.7 Å². The highest BCUT2D eigenvalue weighted by molar-refractivity contribution is 6.76. The van der Waals surface area contributed by atoms with E-state index in [1.165, 1.54) is 6.08 Å². The molecule has 0 aliphatic heterocycles. The van der Waals surface area contributed by atoms with Gasteiger partial charge in [0, 0.05) is 19.8 Å². The smallest absolute Gasteiger partial charge is 0.332 e. The zero-order chi connectivity index (χ0) is 12.1. The predicted octanol–water partition coefficient (Wildman–Crippen LogP) is 2.37. The molecule has 0 aromatic carbocycles. The van der Waals surface area contributed by atoms with E-state index >= 15 is 0 Å². The van der Waals surface area contributed by atoms with Crippen molar-refractivity contribution in [2.45, 2.75) is 39.5 Å². The number of carbonyl (C=O) groups excluding carboxylic acids is 1. The van der Waals surface area contributed by atoms with Crippen molar-refractivity contribution in [3.05, 3.63) is 11.8 Å². The Labute approximate surface area is 93.7 Å². The fourth-order valence-corrected chi connectivity index (χ4v) is 1.52. The Morgan fingerprint density at radius 2 is 1.93 bits per heavy atom. The average Bonchev–Trinajstić information content (AvgIpc) is 2.01. The predicted molar refractivity (Wildman–Crippen MR) is 66.2 cm³/mol. The Hall–Kier alpha value is -0.773. The Morgan fingerprint density at radius 1 is 1.40 bits per heavy atom. The fourth-order valence-electron chi connectivity index (χ4n) is 0.802. The van der Waals surface area contributed by atoms with Crippen LogP contribution in [0.25, 0.3) is 0 Å². The van der Waals surface area contributed by atoms with Crippen LogP contribution in [0, 0.1) is 5.92 Å². The van der Waals surface area contributed by atoms with E-state index in [9.17, 15) is 4.79 Å². The molecule has 0 bridgehead atoms. The molecule has 0 fully saturated rings. The van der Waals surface area contributed by atoms with Crippen LogP contribution in [0.4, 0.5) is 0 Å². The summed E-state index contributed by atoms with van der Waals surface area (Å²) < 4.78 is 5.08. The number of ether oxygens (including phenoxy) is 1. The monoisotopic (exact) mass is 229 g/mol. The van der Waals surface area contributed by atoms with Crippen molar-refractivity contribution in [2.75, 3.05) is 6.61 Å². The van der Waals surface area contributed by atoms with E-state index in [1.807, 2.05) is 13.8 Å². The second-order valence-corrected chi connectivity index (χ2v) is 10.9. The van der Waals surface area contributed by atoms with Gasteiger partial charge in [0.05, 0.1) is 6.61 Å². The molecular formula is C11H23NO2Si. The molecule has 0 radical (unpaired) electrons. The Bertz CT molecular complexity index is 241. The van der Waals surface area contributed by atoms with Crippen LogP contribution in [0.1, 0.15) is 13.8 Å². The normalized spacial score (nSPS) is 13.1. The van der Waals surface area contributed by atoms with Crippen molar-refractivity contribution in [3.63, 3.8) is 0 Å². The van der Waals surface area contributed by atoms with Crippen LogP contribution in [-0.2, 0) is 9.53 Å². The van der Waals surface area contributed by atoms with Crippen LogP contribution in [0.3, 0.4) is 0 Å². The first-order valence-electron chi connectivity index (χ1n) is 5.36. The van der Waals surface area contributed by atoms with Crippen LogP contribution < -0.4 is 5.73 Å². The minimum absolute atomic E-state index is 0.189. The molecule has 0 aliphatic rings. The lowest BCUT2D eigenvalue weighted by atomic mass is 10.1. The lowest BCUT2D eigenvalue weighted by Crippen LogP contribution is -2.22. The second-order valence-electron chi connectivity index (χ2n) is 5.28. The summed E-state index contributed by atoms with van der Waals surface area (Å²) >= 11 is 0. The van der Waals surface area contributed by atoms with Gasteiger partial charge >= 0.3 is 5.97 Å². The molecule has 0 heterocycles. The summed E-state index contributed by atoms with van der Waals surface area (Å²) in [5.41, 5.74) is 6.22. The van der Waals surface area contributed by atoms with E-state index in [2.05, 4.69) is 19.6 Å². The van der Waals surface area contributed by atoms with Crippen molar-refractivity contribution < 1.29 is 9.53 Å². The van der Waals surface area contributed by atoms with E-state index in [-0.39, 0.29) is 11.9 Å². The minimum Gasteiger partial charge on any atom is -0.463 e. The minimum atomic E-state index is -1.11. The Morgan fingerprint density at radius 3 is 2.33 bits per heavy atom. The Kier molecular flexibility index (Phi) is 5.65. The molecular weight excluding hydrogens is 206 g/mol. The molecule has 0 spiro atoms. The van der Waals surface area contributed by atoms with Gasteiger partial charge in [-0.1, -0.05) is 33.5 Å². The first-order chi connectivity index (χ1) is 6.72. The van der Waals surface area contributed by atoms with Gasteiger partial charge in [-0.3, -0.25) is 0 Å². The van der Waals surface area contributed by atoms with E-state index in [0.717, 1.165) is 6.04 Å². The second kappa shape index (κ2) is 5.95. The molecule has 4 heteroatoms. The number of carbonyl (C=O) groups is 1. The number of nitrogens with two attached hydrogens (primary N) is 1. The summed E-state index contributed by atoms with van der Waals surface area (Å²) in [7, 11) is -1.11. The molecule has 0 aromatic rings. The maximum atomic E-state index is 11.3. The SMILES string of the molecule is CC(C)/C(N)=C/C(=O)OCC[Si](C)(C)C. The van der Waals surface area contributed by atoms with Gasteiger partial charge < -0.3 is 10.5 Å². The van der Waals surface area contributed by atoms with Gasteiger partial charge in [-0.05, 0) is 12.0 Å². The number of hydrogen-bond acceptors (Lipinski definition) is 3. The van der Waals surface area contributed by atoms with Gasteiger partial charge in [0.2, 0.25) is 0 Å². The van der Waals surface area contributed by atoms with Gasteiger partial charge in [0.1, 0.15) is 0 Å². The standard InChI is InChI=1S/C11H23NO2Si/c1-9(2)10(12)8-11(13)14-6-7-15(3,4)5/h8-9H,6-7,12H2,1-5H3/b10-8-. The number of rotatable bonds is 5. The van der Waals surface area contributed by atoms with E-state index in [4.69, 9.17) is 10.5 Å². The Balaban J connectivity index is 3.91. The molecule has 0 amide bonds. The van der Waals surface area contributed by atoms with Crippen LogP contribution in [-0.4, -0.2) is 20.7 Å². The van der Waals surface area contributed by atoms with Crippen molar-refractivity contribution in [1.29, 1.82) is 0 Å². The molecule has 0 rings (SSSR count). The highest BCUT2D eigenvalue weighted by Crippen LogP contribution is 2.08. The van der Waals surface area contributed by atoms with E-state index < -0.39 is 8.07 Å². The van der Waals surface area contributed by atoms with Gasteiger partial charge in [-0.25, -0.2) is 4.79 Å². The molecule has 0 atom stereocenters. The summed E-state index contributed by atoms with van der Waals surface area (Å²) in [6, 6.07) is 0.994. The van der Waals surface area contributed by atoms with Crippen molar-refractivity contribution in [1.82, 2.24) is 0 Å². The molecule has 0 aliphatic carbocycles. The number of esters is 1. The molecule has 3 nitrogen and oxygen atoms in total.